The van der Waals surface area contributed by atoms with Crippen molar-refractivity contribution in [2.75, 3.05) is 0 Å². The third-order valence-electron chi connectivity index (χ3n) is 4.30. The van der Waals surface area contributed by atoms with Gasteiger partial charge in [0.1, 0.15) is 18.5 Å². The molecular weight excluding hydrogens is 390 g/mol. The van der Waals surface area contributed by atoms with Gasteiger partial charge in [-0.05, 0) is 30.5 Å². The number of ether oxygens (including phenoxy) is 3. The SMILES string of the molecule is CCCCC(CCC(=O)OCc1ccccc1)OC(=O)Oc1ccc([N+](=O)[O-])cc1. The Bertz CT molecular complexity index is 821. The molecule has 0 aliphatic heterocycles. The average Bonchev–Trinajstić information content (AvgIpc) is 2.75. The number of rotatable bonds is 11. The third kappa shape index (κ3) is 8.30. The number of unbranched alkanes of at least 4 members (excludes halogenated alkanes) is 1. The minimum atomic E-state index is -0.914. The predicted octanol–water partition coefficient (Wildman–Crippen LogP) is 5.19. The number of carbonyl (C=O) groups excluding carboxylic acids is 2. The van der Waals surface area contributed by atoms with Crippen molar-refractivity contribution in [1.82, 2.24) is 0 Å². The number of esters is 1. The summed E-state index contributed by atoms with van der Waals surface area (Å²) in [6.07, 6.45) is 1.37. The van der Waals surface area contributed by atoms with Crippen LogP contribution in [0.25, 0.3) is 0 Å². The van der Waals surface area contributed by atoms with E-state index < -0.39 is 17.2 Å². The molecule has 0 aromatic heterocycles. The van der Waals surface area contributed by atoms with Crippen LogP contribution in [-0.4, -0.2) is 23.2 Å². The smallest absolute Gasteiger partial charge is 0.461 e. The van der Waals surface area contributed by atoms with E-state index in [2.05, 4.69) is 0 Å². The Morgan fingerprint density at radius 1 is 1.03 bits per heavy atom. The molecule has 2 aromatic carbocycles. The van der Waals surface area contributed by atoms with Crippen molar-refractivity contribution in [3.05, 3.63) is 70.3 Å². The topological polar surface area (TPSA) is 105 Å². The molecular formula is C22H25NO7. The Labute approximate surface area is 174 Å². The van der Waals surface area contributed by atoms with Gasteiger partial charge in [0.2, 0.25) is 0 Å². The lowest BCUT2D eigenvalue weighted by Crippen LogP contribution is -2.22. The monoisotopic (exact) mass is 415 g/mol. The first-order valence-electron chi connectivity index (χ1n) is 9.80. The minimum Gasteiger partial charge on any atom is -0.461 e. The summed E-state index contributed by atoms with van der Waals surface area (Å²) in [6, 6.07) is 14.5. The first-order valence-corrected chi connectivity index (χ1v) is 9.80. The summed E-state index contributed by atoms with van der Waals surface area (Å²) in [7, 11) is 0. The number of nitrogens with zero attached hydrogens (tertiary/aromatic N) is 1. The number of benzene rings is 2. The van der Waals surface area contributed by atoms with E-state index in [1.807, 2.05) is 37.3 Å². The van der Waals surface area contributed by atoms with Crippen LogP contribution in [0.1, 0.15) is 44.6 Å². The second-order valence-electron chi connectivity index (χ2n) is 6.67. The molecule has 0 aliphatic carbocycles. The summed E-state index contributed by atoms with van der Waals surface area (Å²) in [6.45, 7) is 2.21. The molecule has 160 valence electrons. The lowest BCUT2D eigenvalue weighted by Gasteiger charge is -2.17. The van der Waals surface area contributed by atoms with Crippen LogP contribution in [0, 0.1) is 10.1 Å². The second kappa shape index (κ2) is 12.2. The normalized spacial score (nSPS) is 11.4. The van der Waals surface area contributed by atoms with Crippen LogP contribution in [0.2, 0.25) is 0 Å². The van der Waals surface area contributed by atoms with Gasteiger partial charge in [-0.3, -0.25) is 14.9 Å². The Morgan fingerprint density at radius 2 is 1.73 bits per heavy atom. The van der Waals surface area contributed by atoms with Gasteiger partial charge >= 0.3 is 12.1 Å². The van der Waals surface area contributed by atoms with Gasteiger partial charge in [-0.25, -0.2) is 4.79 Å². The van der Waals surface area contributed by atoms with Crippen LogP contribution in [0.5, 0.6) is 5.75 Å². The molecule has 0 aliphatic rings. The number of nitro benzene ring substituents is 1. The van der Waals surface area contributed by atoms with E-state index in [-0.39, 0.29) is 30.4 Å². The largest absolute Gasteiger partial charge is 0.514 e. The molecule has 1 atom stereocenters. The van der Waals surface area contributed by atoms with Gasteiger partial charge in [-0.15, -0.1) is 0 Å². The molecule has 0 amide bonds. The molecule has 1 unspecified atom stereocenters. The van der Waals surface area contributed by atoms with Crippen LogP contribution >= 0.6 is 0 Å². The second-order valence-corrected chi connectivity index (χ2v) is 6.67. The lowest BCUT2D eigenvalue weighted by atomic mass is 10.1. The fourth-order valence-corrected chi connectivity index (χ4v) is 2.68. The van der Waals surface area contributed by atoms with E-state index >= 15 is 0 Å². The molecule has 0 radical (unpaired) electrons. The number of non-ortho nitro benzene ring substituents is 1. The van der Waals surface area contributed by atoms with E-state index in [1.54, 1.807) is 0 Å². The van der Waals surface area contributed by atoms with Gasteiger partial charge in [0, 0.05) is 18.6 Å². The molecule has 0 saturated carbocycles. The highest BCUT2D eigenvalue weighted by Gasteiger charge is 2.18. The van der Waals surface area contributed by atoms with Gasteiger partial charge in [-0.1, -0.05) is 50.1 Å². The van der Waals surface area contributed by atoms with Crippen molar-refractivity contribution in [3.8, 4) is 5.75 Å². The van der Waals surface area contributed by atoms with Crippen LogP contribution in [0.3, 0.4) is 0 Å². The Balaban J connectivity index is 1.81. The zero-order valence-corrected chi connectivity index (χ0v) is 16.8. The maximum Gasteiger partial charge on any atom is 0.514 e. The Hall–Kier alpha value is -3.42. The summed E-state index contributed by atoms with van der Waals surface area (Å²) in [4.78, 5) is 34.2. The molecule has 0 fully saturated rings. The van der Waals surface area contributed by atoms with Crippen LogP contribution in [-0.2, 0) is 20.9 Å². The maximum atomic E-state index is 12.1. The van der Waals surface area contributed by atoms with Crippen molar-refractivity contribution < 1.29 is 28.7 Å². The maximum absolute atomic E-state index is 12.1. The molecule has 0 saturated heterocycles. The molecule has 2 aromatic rings. The molecule has 0 N–H and O–H groups in total. The summed E-state index contributed by atoms with van der Waals surface area (Å²) in [5.41, 5.74) is 0.793. The van der Waals surface area contributed by atoms with E-state index in [0.29, 0.717) is 12.8 Å². The predicted molar refractivity (Wildman–Crippen MR) is 109 cm³/mol. The molecule has 8 heteroatoms. The lowest BCUT2D eigenvalue weighted by molar-refractivity contribution is -0.384. The molecule has 8 nitrogen and oxygen atoms in total. The summed E-state index contributed by atoms with van der Waals surface area (Å²) in [5.74, 6) is -0.227. The number of hydrogen-bond donors (Lipinski definition) is 0. The van der Waals surface area contributed by atoms with Crippen molar-refractivity contribution in [1.29, 1.82) is 0 Å². The zero-order valence-electron chi connectivity index (χ0n) is 16.8. The van der Waals surface area contributed by atoms with Crippen LogP contribution in [0.15, 0.2) is 54.6 Å². The van der Waals surface area contributed by atoms with Gasteiger partial charge in [0.15, 0.2) is 0 Å². The first kappa shape index (κ1) is 22.9. The van der Waals surface area contributed by atoms with Gasteiger partial charge in [0.25, 0.3) is 5.69 Å². The van der Waals surface area contributed by atoms with Crippen LogP contribution in [0.4, 0.5) is 10.5 Å². The summed E-state index contributed by atoms with van der Waals surface area (Å²) < 4.78 is 15.7. The molecule has 2 rings (SSSR count). The highest BCUT2D eigenvalue weighted by atomic mass is 16.7. The van der Waals surface area contributed by atoms with Crippen LogP contribution < -0.4 is 4.74 Å². The minimum absolute atomic E-state index is 0.106. The Kier molecular flexibility index (Phi) is 9.30. The van der Waals surface area contributed by atoms with E-state index in [0.717, 1.165) is 18.4 Å². The van der Waals surface area contributed by atoms with Crippen molar-refractivity contribution in [2.45, 2.75) is 51.7 Å². The van der Waals surface area contributed by atoms with Crippen molar-refractivity contribution in [2.24, 2.45) is 0 Å². The van der Waals surface area contributed by atoms with E-state index in [4.69, 9.17) is 14.2 Å². The standard InChI is InChI=1S/C22H25NO7/c1-2-3-9-19(14-15-21(24)28-16-17-7-5-4-6-8-17)29-22(25)30-20-12-10-18(11-13-20)23(26)27/h4-8,10-13,19H,2-3,9,14-16H2,1H3. The number of hydrogen-bond acceptors (Lipinski definition) is 7. The fraction of sp³-hybridized carbons (Fsp3) is 0.364. The molecule has 0 heterocycles. The quantitative estimate of drug-likeness (QED) is 0.215. The third-order valence-corrected chi connectivity index (χ3v) is 4.30. The van der Waals surface area contributed by atoms with Crippen molar-refractivity contribution >= 4 is 17.8 Å². The van der Waals surface area contributed by atoms with Gasteiger partial charge in [0.05, 0.1) is 4.92 Å². The molecule has 0 bridgehead atoms. The number of carbonyl (C=O) groups is 2. The molecule has 30 heavy (non-hydrogen) atoms. The van der Waals surface area contributed by atoms with Crippen molar-refractivity contribution in [3.63, 3.8) is 0 Å². The number of nitro groups is 1. The fourth-order valence-electron chi connectivity index (χ4n) is 2.68. The first-order chi connectivity index (χ1) is 14.5. The van der Waals surface area contributed by atoms with Gasteiger partial charge < -0.3 is 14.2 Å². The Morgan fingerprint density at radius 3 is 2.37 bits per heavy atom. The van der Waals surface area contributed by atoms with E-state index in [1.165, 1.54) is 24.3 Å². The van der Waals surface area contributed by atoms with Gasteiger partial charge in [-0.2, -0.15) is 0 Å². The average molecular weight is 415 g/mol. The summed E-state index contributed by atoms with van der Waals surface area (Å²) >= 11 is 0. The van der Waals surface area contributed by atoms with E-state index in [9.17, 15) is 19.7 Å². The summed E-state index contributed by atoms with van der Waals surface area (Å²) in [5, 5.41) is 10.7. The highest BCUT2D eigenvalue weighted by Crippen LogP contribution is 2.19. The zero-order chi connectivity index (χ0) is 21.8. The highest BCUT2D eigenvalue weighted by molar-refractivity contribution is 5.69. The molecule has 0 spiro atoms.